The van der Waals surface area contributed by atoms with E-state index in [1.807, 2.05) is 37.3 Å². The van der Waals surface area contributed by atoms with E-state index >= 15 is 0 Å². The molecule has 1 aromatic carbocycles. The molecule has 0 amide bonds. The normalized spacial score (nSPS) is 12.8. The first-order chi connectivity index (χ1) is 9.58. The number of furan rings is 1. The molecule has 0 aliphatic heterocycles. The van der Waals surface area contributed by atoms with E-state index in [1.54, 1.807) is 6.26 Å². The monoisotopic (exact) mass is 337 g/mol. The molecule has 2 aromatic rings. The maximum Gasteiger partial charge on any atom is 0.105 e. The fourth-order valence-electron chi connectivity index (χ4n) is 2.19. The van der Waals surface area contributed by atoms with Gasteiger partial charge in [0.15, 0.2) is 0 Å². The third-order valence-corrected chi connectivity index (χ3v) is 4.18. The molecule has 0 aliphatic carbocycles. The van der Waals surface area contributed by atoms with Crippen molar-refractivity contribution in [1.82, 2.24) is 4.90 Å². The van der Waals surface area contributed by atoms with Crippen molar-refractivity contribution >= 4 is 15.9 Å². The summed E-state index contributed by atoms with van der Waals surface area (Å²) in [4.78, 5) is 2.19. The van der Waals surface area contributed by atoms with E-state index in [9.17, 15) is 5.11 Å². The van der Waals surface area contributed by atoms with Gasteiger partial charge in [0.25, 0.3) is 0 Å². The Bertz CT molecular complexity index is 553. The molecule has 0 radical (unpaired) electrons. The Labute approximate surface area is 128 Å². The zero-order valence-electron chi connectivity index (χ0n) is 11.8. The molecule has 0 fully saturated rings. The lowest BCUT2D eigenvalue weighted by molar-refractivity contribution is 0.147. The zero-order valence-corrected chi connectivity index (χ0v) is 13.4. The van der Waals surface area contributed by atoms with Crippen LogP contribution in [0.4, 0.5) is 0 Å². The molecule has 3 nitrogen and oxygen atoms in total. The first kappa shape index (κ1) is 15.3. The topological polar surface area (TPSA) is 36.6 Å². The molecular formula is C16H20BrNO2. The van der Waals surface area contributed by atoms with E-state index in [0.717, 1.165) is 28.9 Å². The molecule has 1 aromatic heterocycles. The van der Waals surface area contributed by atoms with Crippen LogP contribution in [0.2, 0.25) is 0 Å². The second-order valence-electron chi connectivity index (χ2n) is 5.07. The first-order valence-electron chi connectivity index (χ1n) is 6.72. The van der Waals surface area contributed by atoms with Crippen molar-refractivity contribution in [2.24, 2.45) is 0 Å². The van der Waals surface area contributed by atoms with Gasteiger partial charge < -0.3 is 14.4 Å². The maximum atomic E-state index is 10.3. The lowest BCUT2D eigenvalue weighted by atomic mass is 10.1. The lowest BCUT2D eigenvalue weighted by Crippen LogP contribution is -2.21. The molecule has 108 valence electrons. The van der Waals surface area contributed by atoms with E-state index in [-0.39, 0.29) is 0 Å². The van der Waals surface area contributed by atoms with Gasteiger partial charge in [0, 0.05) is 23.1 Å². The van der Waals surface area contributed by atoms with Crippen LogP contribution >= 0.6 is 15.9 Å². The van der Waals surface area contributed by atoms with Crippen LogP contribution in [-0.4, -0.2) is 23.6 Å². The summed E-state index contributed by atoms with van der Waals surface area (Å²) in [6, 6.07) is 9.80. The summed E-state index contributed by atoms with van der Waals surface area (Å²) in [6.45, 7) is 3.64. The summed E-state index contributed by atoms with van der Waals surface area (Å²) in [7, 11) is 2.05. The van der Waals surface area contributed by atoms with Crippen molar-refractivity contribution in [3.63, 3.8) is 0 Å². The molecule has 1 heterocycles. The predicted molar refractivity (Wildman–Crippen MR) is 83.5 cm³/mol. The SMILES string of the molecule is Cc1occc1CN(C)CCC(O)c1ccccc1Br. The molecule has 0 saturated heterocycles. The summed E-state index contributed by atoms with van der Waals surface area (Å²) in [5.41, 5.74) is 2.14. The summed E-state index contributed by atoms with van der Waals surface area (Å²) in [6.07, 6.45) is 1.98. The summed E-state index contributed by atoms with van der Waals surface area (Å²) in [5.74, 6) is 0.961. The number of benzene rings is 1. The van der Waals surface area contributed by atoms with Crippen molar-refractivity contribution in [1.29, 1.82) is 0 Å². The smallest absolute Gasteiger partial charge is 0.105 e. The molecular weight excluding hydrogens is 318 g/mol. The Morgan fingerprint density at radius 3 is 2.70 bits per heavy atom. The van der Waals surface area contributed by atoms with Crippen LogP contribution in [0.3, 0.4) is 0 Å². The second kappa shape index (κ2) is 7.07. The number of hydrogen-bond donors (Lipinski definition) is 1. The van der Waals surface area contributed by atoms with E-state index in [2.05, 4.69) is 27.9 Å². The Morgan fingerprint density at radius 1 is 1.30 bits per heavy atom. The predicted octanol–water partition coefficient (Wildman–Crippen LogP) is 3.91. The van der Waals surface area contributed by atoms with Crippen LogP contribution < -0.4 is 0 Å². The minimum Gasteiger partial charge on any atom is -0.469 e. The Morgan fingerprint density at radius 2 is 2.05 bits per heavy atom. The van der Waals surface area contributed by atoms with Gasteiger partial charge in [-0.15, -0.1) is 0 Å². The summed E-state index contributed by atoms with van der Waals surface area (Å²) >= 11 is 3.48. The largest absolute Gasteiger partial charge is 0.469 e. The van der Waals surface area contributed by atoms with Gasteiger partial charge in [0.1, 0.15) is 5.76 Å². The molecule has 1 N–H and O–H groups in total. The van der Waals surface area contributed by atoms with Gasteiger partial charge in [-0.3, -0.25) is 0 Å². The Balaban J connectivity index is 1.86. The van der Waals surface area contributed by atoms with Gasteiger partial charge in [0.2, 0.25) is 0 Å². The van der Waals surface area contributed by atoms with E-state index in [4.69, 9.17) is 4.42 Å². The van der Waals surface area contributed by atoms with Crippen molar-refractivity contribution < 1.29 is 9.52 Å². The molecule has 0 bridgehead atoms. The average molecular weight is 338 g/mol. The highest BCUT2D eigenvalue weighted by Gasteiger charge is 2.12. The molecule has 20 heavy (non-hydrogen) atoms. The summed E-state index contributed by atoms with van der Waals surface area (Å²) in [5, 5.41) is 10.3. The van der Waals surface area contributed by atoms with Crippen LogP contribution in [0.25, 0.3) is 0 Å². The van der Waals surface area contributed by atoms with E-state index in [1.165, 1.54) is 5.56 Å². The quantitative estimate of drug-likeness (QED) is 0.868. The van der Waals surface area contributed by atoms with Crippen molar-refractivity contribution in [2.75, 3.05) is 13.6 Å². The van der Waals surface area contributed by atoms with Crippen LogP contribution in [0.1, 0.15) is 29.4 Å². The minimum atomic E-state index is -0.446. The molecule has 2 rings (SSSR count). The average Bonchev–Trinajstić information content (AvgIpc) is 2.82. The minimum absolute atomic E-state index is 0.446. The van der Waals surface area contributed by atoms with Gasteiger partial charge in [-0.05, 0) is 38.1 Å². The van der Waals surface area contributed by atoms with Crippen LogP contribution in [0.15, 0.2) is 45.5 Å². The third kappa shape index (κ3) is 3.95. The number of aliphatic hydroxyl groups is 1. The van der Waals surface area contributed by atoms with Crippen molar-refractivity contribution in [3.8, 4) is 0 Å². The second-order valence-corrected chi connectivity index (χ2v) is 5.92. The molecule has 1 unspecified atom stereocenters. The van der Waals surface area contributed by atoms with Crippen molar-refractivity contribution in [2.45, 2.75) is 26.0 Å². The molecule has 0 saturated carbocycles. The maximum absolute atomic E-state index is 10.3. The fraction of sp³-hybridized carbons (Fsp3) is 0.375. The molecule has 4 heteroatoms. The Hall–Kier alpha value is -1.10. The molecule has 0 aliphatic rings. The van der Waals surface area contributed by atoms with E-state index in [0.29, 0.717) is 6.42 Å². The van der Waals surface area contributed by atoms with Crippen LogP contribution in [0, 0.1) is 6.92 Å². The number of hydrogen-bond acceptors (Lipinski definition) is 3. The van der Waals surface area contributed by atoms with E-state index < -0.39 is 6.10 Å². The van der Waals surface area contributed by atoms with Crippen LogP contribution in [-0.2, 0) is 6.54 Å². The number of nitrogens with zero attached hydrogens (tertiary/aromatic N) is 1. The highest BCUT2D eigenvalue weighted by atomic mass is 79.9. The lowest BCUT2D eigenvalue weighted by Gasteiger charge is -2.19. The highest BCUT2D eigenvalue weighted by molar-refractivity contribution is 9.10. The van der Waals surface area contributed by atoms with Gasteiger partial charge in [-0.25, -0.2) is 0 Å². The standard InChI is InChI=1S/C16H20BrNO2/c1-12-13(8-10-20-12)11-18(2)9-7-16(19)14-5-3-4-6-15(14)17/h3-6,8,10,16,19H,7,9,11H2,1-2H3. The third-order valence-electron chi connectivity index (χ3n) is 3.45. The first-order valence-corrected chi connectivity index (χ1v) is 7.51. The van der Waals surface area contributed by atoms with Gasteiger partial charge >= 0.3 is 0 Å². The van der Waals surface area contributed by atoms with Gasteiger partial charge in [-0.1, -0.05) is 34.1 Å². The molecule has 0 spiro atoms. The zero-order chi connectivity index (χ0) is 14.5. The number of halogens is 1. The number of aliphatic hydroxyl groups excluding tert-OH is 1. The Kier molecular flexibility index (Phi) is 5.40. The van der Waals surface area contributed by atoms with Gasteiger partial charge in [-0.2, -0.15) is 0 Å². The summed E-state index contributed by atoms with van der Waals surface area (Å²) < 4.78 is 6.25. The fourth-order valence-corrected chi connectivity index (χ4v) is 2.74. The number of aryl methyl sites for hydroxylation is 1. The molecule has 1 atom stereocenters. The van der Waals surface area contributed by atoms with Crippen LogP contribution in [0.5, 0.6) is 0 Å². The highest BCUT2D eigenvalue weighted by Crippen LogP contribution is 2.25. The number of rotatable bonds is 6. The van der Waals surface area contributed by atoms with Gasteiger partial charge in [0.05, 0.1) is 12.4 Å². The van der Waals surface area contributed by atoms with Crippen molar-refractivity contribution in [3.05, 3.63) is 58.0 Å².